The quantitative estimate of drug-likeness (QED) is 0.244. The van der Waals surface area contributed by atoms with Crippen molar-refractivity contribution in [3.63, 3.8) is 0 Å². The van der Waals surface area contributed by atoms with Crippen molar-refractivity contribution in [2.75, 3.05) is 0 Å². The fourth-order valence-electron chi connectivity index (χ4n) is 4.10. The minimum Gasteiger partial charge on any atom is -0.457 e. The van der Waals surface area contributed by atoms with Crippen molar-refractivity contribution in [3.8, 4) is 0 Å². The van der Waals surface area contributed by atoms with E-state index in [9.17, 15) is 9.59 Å². The van der Waals surface area contributed by atoms with Gasteiger partial charge in [-0.15, -0.1) is 0 Å². The molecule has 5 rings (SSSR count). The van der Waals surface area contributed by atoms with Crippen LogP contribution >= 0.6 is 0 Å². The highest BCUT2D eigenvalue weighted by Crippen LogP contribution is 2.26. The molecule has 0 saturated heterocycles. The summed E-state index contributed by atoms with van der Waals surface area (Å²) in [5.74, 6) is -0.823. The number of carbonyl (C=O) groups is 2. The Balaban J connectivity index is 1.43. The molecule has 1 aromatic heterocycles. The molecule has 0 fully saturated rings. The molecule has 0 bridgehead atoms. The Kier molecular flexibility index (Phi) is 6.90. The van der Waals surface area contributed by atoms with Crippen LogP contribution in [0.4, 0.5) is 0 Å². The number of rotatable bonds is 8. The van der Waals surface area contributed by atoms with Crippen molar-refractivity contribution in [2.24, 2.45) is 0 Å². The van der Waals surface area contributed by atoms with Crippen LogP contribution < -0.4 is 0 Å². The molecule has 0 amide bonds. The Labute approximate surface area is 209 Å². The van der Waals surface area contributed by atoms with Gasteiger partial charge in [-0.3, -0.25) is 0 Å². The maximum atomic E-state index is 13.0. The van der Waals surface area contributed by atoms with Crippen molar-refractivity contribution in [2.45, 2.75) is 19.8 Å². The number of esters is 2. The summed E-state index contributed by atoms with van der Waals surface area (Å²) >= 11 is 0. The standard InChI is InChI=1S/C31H25NO4/c33-30(35-21-24-12-6-2-7-13-24)26-16-17-27-28(31(34)36-22-25-14-8-3-9-15-25)20-32(29(27)18-26)19-23-10-4-1-5-11-23/h1-18,20H,19,21-22H2. The number of nitrogens with zero attached hydrogens (tertiary/aromatic N) is 1. The van der Waals surface area contributed by atoms with E-state index in [1.54, 1.807) is 24.4 Å². The zero-order valence-electron chi connectivity index (χ0n) is 19.7. The number of fused-ring (bicyclic) bond motifs is 1. The van der Waals surface area contributed by atoms with E-state index in [0.29, 0.717) is 17.7 Å². The topological polar surface area (TPSA) is 57.5 Å². The predicted molar refractivity (Wildman–Crippen MR) is 139 cm³/mol. The molecule has 0 radical (unpaired) electrons. The Morgan fingerprint density at radius 2 is 1.14 bits per heavy atom. The summed E-state index contributed by atoms with van der Waals surface area (Å²) in [4.78, 5) is 25.9. The van der Waals surface area contributed by atoms with Crippen LogP contribution in [0, 0.1) is 0 Å². The lowest BCUT2D eigenvalue weighted by atomic mass is 10.1. The molecule has 0 N–H and O–H groups in total. The van der Waals surface area contributed by atoms with Gasteiger partial charge in [0, 0.05) is 18.1 Å². The second kappa shape index (κ2) is 10.7. The smallest absolute Gasteiger partial charge is 0.340 e. The number of hydrogen-bond acceptors (Lipinski definition) is 4. The largest absolute Gasteiger partial charge is 0.457 e. The highest BCUT2D eigenvalue weighted by atomic mass is 16.5. The van der Waals surface area contributed by atoms with Gasteiger partial charge in [0.05, 0.1) is 16.6 Å². The molecule has 4 aromatic carbocycles. The molecule has 178 valence electrons. The monoisotopic (exact) mass is 475 g/mol. The van der Waals surface area contributed by atoms with Crippen LogP contribution in [0.1, 0.15) is 37.4 Å². The van der Waals surface area contributed by atoms with Gasteiger partial charge in [-0.25, -0.2) is 9.59 Å². The van der Waals surface area contributed by atoms with Crippen molar-refractivity contribution in [1.29, 1.82) is 0 Å². The van der Waals surface area contributed by atoms with Crippen molar-refractivity contribution >= 4 is 22.8 Å². The maximum absolute atomic E-state index is 13.0. The Morgan fingerprint density at radius 3 is 1.72 bits per heavy atom. The summed E-state index contributed by atoms with van der Waals surface area (Å²) < 4.78 is 13.1. The number of ether oxygens (including phenoxy) is 2. The molecule has 0 saturated carbocycles. The van der Waals surface area contributed by atoms with E-state index in [2.05, 4.69) is 0 Å². The van der Waals surface area contributed by atoms with Crippen molar-refractivity contribution < 1.29 is 19.1 Å². The second-order valence-corrected chi connectivity index (χ2v) is 8.51. The highest BCUT2D eigenvalue weighted by molar-refractivity contribution is 6.06. The molecule has 0 aliphatic heterocycles. The number of hydrogen-bond donors (Lipinski definition) is 0. The summed E-state index contributed by atoms with van der Waals surface area (Å²) in [6.45, 7) is 0.931. The molecule has 0 atom stereocenters. The van der Waals surface area contributed by atoms with Crippen LogP contribution in [0.25, 0.3) is 10.9 Å². The van der Waals surface area contributed by atoms with Crippen molar-refractivity contribution in [3.05, 3.63) is 143 Å². The predicted octanol–water partition coefficient (Wildman–Crippen LogP) is 6.40. The highest BCUT2D eigenvalue weighted by Gasteiger charge is 2.19. The molecule has 5 heteroatoms. The van der Waals surface area contributed by atoms with Gasteiger partial charge in [0.1, 0.15) is 13.2 Å². The first kappa shape index (κ1) is 23.1. The Bertz CT molecular complexity index is 1480. The minimum absolute atomic E-state index is 0.189. The van der Waals surface area contributed by atoms with Crippen molar-refractivity contribution in [1.82, 2.24) is 4.57 Å². The third-order valence-electron chi connectivity index (χ3n) is 5.96. The number of carbonyl (C=O) groups excluding carboxylic acids is 2. The SMILES string of the molecule is O=C(OCc1ccccc1)c1ccc2c(C(=O)OCc3ccccc3)cn(Cc3ccccc3)c2c1. The first-order chi connectivity index (χ1) is 17.7. The fraction of sp³-hybridized carbons (Fsp3) is 0.0968. The van der Waals surface area contributed by atoms with Gasteiger partial charge in [0.15, 0.2) is 0 Å². The zero-order chi connectivity index (χ0) is 24.7. The lowest BCUT2D eigenvalue weighted by Crippen LogP contribution is -2.06. The lowest BCUT2D eigenvalue weighted by molar-refractivity contribution is 0.0465. The van der Waals surface area contributed by atoms with Crippen LogP contribution in [0.15, 0.2) is 115 Å². The summed E-state index contributed by atoms with van der Waals surface area (Å²) in [7, 11) is 0. The lowest BCUT2D eigenvalue weighted by Gasteiger charge is -2.08. The molecule has 0 aliphatic carbocycles. The minimum atomic E-state index is -0.415. The summed E-state index contributed by atoms with van der Waals surface area (Å²) in [6, 6.07) is 34.3. The van der Waals surface area contributed by atoms with Gasteiger partial charge in [-0.1, -0.05) is 97.1 Å². The van der Waals surface area contributed by atoms with E-state index in [-0.39, 0.29) is 13.2 Å². The fourth-order valence-corrected chi connectivity index (χ4v) is 4.10. The van der Waals surface area contributed by atoms with Crippen LogP contribution in [0.5, 0.6) is 0 Å². The van der Waals surface area contributed by atoms with E-state index in [1.807, 2.05) is 95.6 Å². The van der Waals surface area contributed by atoms with Crippen LogP contribution in [-0.4, -0.2) is 16.5 Å². The van der Waals surface area contributed by atoms with E-state index in [0.717, 1.165) is 27.6 Å². The third-order valence-corrected chi connectivity index (χ3v) is 5.96. The molecule has 5 aromatic rings. The zero-order valence-corrected chi connectivity index (χ0v) is 19.7. The van der Waals surface area contributed by atoms with Gasteiger partial charge in [-0.05, 0) is 28.8 Å². The van der Waals surface area contributed by atoms with Crippen LogP contribution in [0.3, 0.4) is 0 Å². The molecule has 0 unspecified atom stereocenters. The second-order valence-electron chi connectivity index (χ2n) is 8.51. The molecule has 0 aliphatic rings. The van der Waals surface area contributed by atoms with Gasteiger partial charge >= 0.3 is 11.9 Å². The summed E-state index contributed by atoms with van der Waals surface area (Å²) in [6.07, 6.45) is 1.80. The van der Waals surface area contributed by atoms with Crippen LogP contribution in [-0.2, 0) is 29.2 Å². The number of benzene rings is 4. The average molecular weight is 476 g/mol. The molecular formula is C31H25NO4. The normalized spacial score (nSPS) is 10.8. The molecule has 0 spiro atoms. The first-order valence-electron chi connectivity index (χ1n) is 11.8. The van der Waals surface area contributed by atoms with E-state index in [4.69, 9.17) is 9.47 Å². The van der Waals surface area contributed by atoms with Gasteiger partial charge in [-0.2, -0.15) is 0 Å². The molecule has 5 nitrogen and oxygen atoms in total. The van der Waals surface area contributed by atoms with Gasteiger partial charge in [0.25, 0.3) is 0 Å². The Morgan fingerprint density at radius 1 is 0.611 bits per heavy atom. The Hall–Kier alpha value is -4.64. The van der Waals surface area contributed by atoms with E-state index >= 15 is 0 Å². The molecule has 36 heavy (non-hydrogen) atoms. The summed E-state index contributed by atoms with van der Waals surface area (Å²) in [5, 5.41) is 0.726. The van der Waals surface area contributed by atoms with E-state index in [1.165, 1.54) is 0 Å². The van der Waals surface area contributed by atoms with E-state index < -0.39 is 11.9 Å². The molecule has 1 heterocycles. The maximum Gasteiger partial charge on any atom is 0.340 e. The van der Waals surface area contributed by atoms with Crippen LogP contribution in [0.2, 0.25) is 0 Å². The number of aromatic nitrogens is 1. The first-order valence-corrected chi connectivity index (χ1v) is 11.8. The van der Waals surface area contributed by atoms with Gasteiger partial charge < -0.3 is 14.0 Å². The summed E-state index contributed by atoms with van der Waals surface area (Å²) in [5.41, 5.74) is 4.57. The average Bonchev–Trinajstić information content (AvgIpc) is 3.29. The third kappa shape index (κ3) is 5.36. The van der Waals surface area contributed by atoms with Gasteiger partial charge in [0.2, 0.25) is 0 Å². The molecular weight excluding hydrogens is 450 g/mol.